The second-order valence-electron chi connectivity index (χ2n) is 6.47. The standard InChI is InChI=1S/C17H25ClO/c1-12(2)15-6-4-5-9-17(15,19)11-14-8-7-13(3)10-16(14)18/h7-8,10,12,15,19H,4-6,9,11H2,1-3H3. The van der Waals surface area contributed by atoms with Crippen molar-refractivity contribution in [2.45, 2.75) is 58.5 Å². The molecule has 1 nitrogen and oxygen atoms in total. The van der Waals surface area contributed by atoms with Crippen molar-refractivity contribution in [3.05, 3.63) is 34.3 Å². The molecule has 2 atom stereocenters. The van der Waals surface area contributed by atoms with E-state index in [1.807, 2.05) is 13.0 Å². The highest BCUT2D eigenvalue weighted by Crippen LogP contribution is 2.41. The number of benzene rings is 1. The Bertz CT molecular complexity index is 441. The molecule has 1 N–H and O–H groups in total. The van der Waals surface area contributed by atoms with Crippen LogP contribution in [0.25, 0.3) is 0 Å². The Balaban J connectivity index is 2.23. The van der Waals surface area contributed by atoms with Crippen molar-refractivity contribution in [3.63, 3.8) is 0 Å². The molecule has 1 aliphatic carbocycles. The van der Waals surface area contributed by atoms with E-state index >= 15 is 0 Å². The van der Waals surface area contributed by atoms with Crippen LogP contribution < -0.4 is 0 Å². The molecule has 0 heterocycles. The van der Waals surface area contributed by atoms with Gasteiger partial charge < -0.3 is 5.11 Å². The maximum atomic E-state index is 11.1. The van der Waals surface area contributed by atoms with E-state index in [0.29, 0.717) is 18.3 Å². The summed E-state index contributed by atoms with van der Waals surface area (Å²) in [7, 11) is 0. The minimum absolute atomic E-state index is 0.388. The topological polar surface area (TPSA) is 20.2 Å². The molecule has 106 valence electrons. The molecule has 0 aliphatic heterocycles. The SMILES string of the molecule is Cc1ccc(CC2(O)CCCCC2C(C)C)c(Cl)c1. The summed E-state index contributed by atoms with van der Waals surface area (Å²) in [5.41, 5.74) is 1.68. The molecule has 1 fully saturated rings. The first-order valence-electron chi connectivity index (χ1n) is 7.40. The second-order valence-corrected chi connectivity index (χ2v) is 6.88. The fourth-order valence-corrected chi connectivity index (χ4v) is 3.85. The fraction of sp³-hybridized carbons (Fsp3) is 0.647. The maximum absolute atomic E-state index is 11.1. The molecule has 1 aromatic carbocycles. The van der Waals surface area contributed by atoms with Crippen molar-refractivity contribution in [2.24, 2.45) is 11.8 Å². The molecule has 1 saturated carbocycles. The van der Waals surface area contributed by atoms with Gasteiger partial charge in [-0.05, 0) is 48.8 Å². The third kappa shape index (κ3) is 3.32. The lowest BCUT2D eigenvalue weighted by molar-refractivity contribution is -0.0652. The van der Waals surface area contributed by atoms with Gasteiger partial charge in [0, 0.05) is 11.4 Å². The van der Waals surface area contributed by atoms with Crippen molar-refractivity contribution in [1.82, 2.24) is 0 Å². The van der Waals surface area contributed by atoms with Crippen LogP contribution in [0.2, 0.25) is 5.02 Å². The molecule has 19 heavy (non-hydrogen) atoms. The summed E-state index contributed by atoms with van der Waals surface area (Å²) in [5.74, 6) is 0.910. The van der Waals surface area contributed by atoms with Crippen molar-refractivity contribution in [1.29, 1.82) is 0 Å². The summed E-state index contributed by atoms with van der Waals surface area (Å²) < 4.78 is 0. The van der Waals surface area contributed by atoms with Crippen LogP contribution >= 0.6 is 11.6 Å². The van der Waals surface area contributed by atoms with Gasteiger partial charge >= 0.3 is 0 Å². The molecule has 1 aromatic rings. The van der Waals surface area contributed by atoms with Gasteiger partial charge in [0.25, 0.3) is 0 Å². The quantitative estimate of drug-likeness (QED) is 0.846. The van der Waals surface area contributed by atoms with E-state index in [0.717, 1.165) is 29.8 Å². The minimum atomic E-state index is -0.578. The van der Waals surface area contributed by atoms with Gasteiger partial charge in [0.05, 0.1) is 5.60 Å². The zero-order chi connectivity index (χ0) is 14.0. The van der Waals surface area contributed by atoms with Crippen LogP contribution in [0.15, 0.2) is 18.2 Å². The Morgan fingerprint density at radius 1 is 1.37 bits per heavy atom. The van der Waals surface area contributed by atoms with Crippen LogP contribution in [0.4, 0.5) is 0 Å². The number of rotatable bonds is 3. The summed E-state index contributed by atoms with van der Waals surface area (Å²) >= 11 is 6.33. The largest absolute Gasteiger partial charge is 0.389 e. The first kappa shape index (κ1) is 14.9. The predicted octanol–water partition coefficient (Wildman–Crippen LogP) is 4.77. The van der Waals surface area contributed by atoms with Crippen LogP contribution in [0.3, 0.4) is 0 Å². The summed E-state index contributed by atoms with van der Waals surface area (Å²) in [6.45, 7) is 6.48. The van der Waals surface area contributed by atoms with Crippen LogP contribution in [0, 0.1) is 18.8 Å². The lowest BCUT2D eigenvalue weighted by atomic mass is 9.68. The lowest BCUT2D eigenvalue weighted by Gasteiger charge is -2.42. The Morgan fingerprint density at radius 2 is 2.11 bits per heavy atom. The van der Waals surface area contributed by atoms with Crippen molar-refractivity contribution < 1.29 is 5.11 Å². The van der Waals surface area contributed by atoms with Gasteiger partial charge in [-0.25, -0.2) is 0 Å². The maximum Gasteiger partial charge on any atom is 0.0718 e. The van der Waals surface area contributed by atoms with E-state index in [2.05, 4.69) is 26.0 Å². The molecule has 0 bridgehead atoms. The summed E-state index contributed by atoms with van der Waals surface area (Å²) in [5, 5.41) is 11.9. The van der Waals surface area contributed by atoms with Gasteiger partial charge in [0.15, 0.2) is 0 Å². The average molecular weight is 281 g/mol. The fourth-order valence-electron chi connectivity index (χ4n) is 3.55. The third-order valence-corrected chi connectivity index (χ3v) is 4.93. The van der Waals surface area contributed by atoms with Gasteiger partial charge in [-0.15, -0.1) is 0 Å². The highest BCUT2D eigenvalue weighted by molar-refractivity contribution is 6.31. The van der Waals surface area contributed by atoms with E-state index in [1.165, 1.54) is 12.0 Å². The van der Waals surface area contributed by atoms with E-state index in [9.17, 15) is 5.11 Å². The molecule has 2 unspecified atom stereocenters. The summed E-state index contributed by atoms with van der Waals surface area (Å²) in [6, 6.07) is 6.15. The van der Waals surface area contributed by atoms with Gasteiger partial charge in [-0.3, -0.25) is 0 Å². The molecular weight excluding hydrogens is 256 g/mol. The van der Waals surface area contributed by atoms with Crippen LogP contribution in [-0.4, -0.2) is 10.7 Å². The molecule has 2 rings (SSSR count). The smallest absolute Gasteiger partial charge is 0.0718 e. The van der Waals surface area contributed by atoms with Crippen LogP contribution in [0.1, 0.15) is 50.7 Å². The number of aryl methyl sites for hydroxylation is 1. The zero-order valence-corrected chi connectivity index (χ0v) is 13.0. The van der Waals surface area contributed by atoms with Crippen molar-refractivity contribution in [2.75, 3.05) is 0 Å². The monoisotopic (exact) mass is 280 g/mol. The molecule has 0 amide bonds. The highest BCUT2D eigenvalue weighted by atomic mass is 35.5. The summed E-state index contributed by atoms with van der Waals surface area (Å²) in [4.78, 5) is 0. The number of hydrogen-bond acceptors (Lipinski definition) is 1. The van der Waals surface area contributed by atoms with E-state index in [1.54, 1.807) is 0 Å². The second kappa shape index (κ2) is 5.85. The van der Waals surface area contributed by atoms with Gasteiger partial charge in [0.1, 0.15) is 0 Å². The van der Waals surface area contributed by atoms with Crippen LogP contribution in [-0.2, 0) is 6.42 Å². The molecule has 0 spiro atoms. The first-order valence-corrected chi connectivity index (χ1v) is 7.77. The minimum Gasteiger partial charge on any atom is -0.389 e. The molecular formula is C17H25ClO. The molecule has 0 saturated heterocycles. The third-order valence-electron chi connectivity index (χ3n) is 4.57. The van der Waals surface area contributed by atoms with Crippen LogP contribution in [0.5, 0.6) is 0 Å². The number of aliphatic hydroxyl groups is 1. The van der Waals surface area contributed by atoms with Gasteiger partial charge in [-0.2, -0.15) is 0 Å². The Hall–Kier alpha value is -0.530. The highest BCUT2D eigenvalue weighted by Gasteiger charge is 2.40. The van der Waals surface area contributed by atoms with Gasteiger partial charge in [-0.1, -0.05) is 50.4 Å². The van der Waals surface area contributed by atoms with Crippen molar-refractivity contribution >= 4 is 11.6 Å². The lowest BCUT2D eigenvalue weighted by Crippen LogP contribution is -2.45. The zero-order valence-electron chi connectivity index (χ0n) is 12.2. The molecule has 2 heteroatoms. The average Bonchev–Trinajstić information content (AvgIpc) is 2.33. The predicted molar refractivity (Wildman–Crippen MR) is 81.6 cm³/mol. The molecule has 1 aliphatic rings. The number of halogens is 1. The van der Waals surface area contributed by atoms with E-state index < -0.39 is 5.60 Å². The van der Waals surface area contributed by atoms with E-state index in [4.69, 9.17) is 11.6 Å². The molecule has 0 radical (unpaired) electrons. The Morgan fingerprint density at radius 3 is 2.74 bits per heavy atom. The number of hydrogen-bond donors (Lipinski definition) is 1. The van der Waals surface area contributed by atoms with E-state index in [-0.39, 0.29) is 0 Å². The Labute approximate surface area is 122 Å². The molecule has 0 aromatic heterocycles. The first-order chi connectivity index (χ1) is 8.92. The summed E-state index contributed by atoms with van der Waals surface area (Å²) in [6.07, 6.45) is 5.10. The van der Waals surface area contributed by atoms with Gasteiger partial charge in [0.2, 0.25) is 0 Å². The normalized spacial score (nSPS) is 27.8. The van der Waals surface area contributed by atoms with Crippen molar-refractivity contribution in [3.8, 4) is 0 Å². The Kier molecular flexibility index (Phi) is 4.58.